The number of hydrogen-bond donors (Lipinski definition) is 2. The standard InChI is InChI=1S/C17H25N5O2S.ClH/c1-10-13-8-14(25-17(13)21(4)20-10)15(23)19-11(2)16(24)22-7-5-6-12(22)9-18-3;/h8,11-12,18H,5-7,9H2,1-4H3,(H,19,23);1H. The van der Waals surface area contributed by atoms with Gasteiger partial charge in [-0.1, -0.05) is 0 Å². The first-order valence-electron chi connectivity index (χ1n) is 8.61. The van der Waals surface area contributed by atoms with Crippen molar-refractivity contribution < 1.29 is 9.59 Å². The Morgan fingerprint density at radius 1 is 1.46 bits per heavy atom. The number of aromatic nitrogens is 2. The average molecular weight is 400 g/mol. The number of likely N-dealkylation sites (tertiary alicyclic amines) is 1. The fourth-order valence-electron chi connectivity index (χ4n) is 3.47. The highest BCUT2D eigenvalue weighted by Crippen LogP contribution is 2.27. The molecule has 3 rings (SSSR count). The second-order valence-corrected chi connectivity index (χ2v) is 7.65. The van der Waals surface area contributed by atoms with Crippen LogP contribution >= 0.6 is 23.7 Å². The summed E-state index contributed by atoms with van der Waals surface area (Å²) in [6.07, 6.45) is 2.02. The van der Waals surface area contributed by atoms with Crippen molar-refractivity contribution >= 4 is 45.8 Å². The van der Waals surface area contributed by atoms with E-state index in [-0.39, 0.29) is 30.3 Å². The van der Waals surface area contributed by atoms with E-state index in [9.17, 15) is 9.59 Å². The molecule has 2 atom stereocenters. The first kappa shape index (κ1) is 20.7. The number of likely N-dealkylation sites (N-methyl/N-ethyl adjacent to an activating group) is 1. The zero-order valence-corrected chi connectivity index (χ0v) is 17.2. The van der Waals surface area contributed by atoms with Crippen LogP contribution in [0.4, 0.5) is 0 Å². The molecule has 0 radical (unpaired) electrons. The summed E-state index contributed by atoms with van der Waals surface area (Å²) in [4.78, 5) is 28.7. The van der Waals surface area contributed by atoms with Crippen LogP contribution in [0, 0.1) is 6.92 Å². The minimum atomic E-state index is -0.533. The maximum Gasteiger partial charge on any atom is 0.262 e. The molecule has 2 aromatic heterocycles. The number of halogens is 1. The van der Waals surface area contributed by atoms with E-state index >= 15 is 0 Å². The molecule has 1 saturated heterocycles. The van der Waals surface area contributed by atoms with Crippen molar-refractivity contribution in [3.05, 3.63) is 16.6 Å². The van der Waals surface area contributed by atoms with E-state index in [1.165, 1.54) is 11.3 Å². The highest BCUT2D eigenvalue weighted by Gasteiger charge is 2.31. The molecule has 2 aromatic rings. The van der Waals surface area contributed by atoms with Gasteiger partial charge in [0.05, 0.1) is 10.6 Å². The largest absolute Gasteiger partial charge is 0.340 e. The Morgan fingerprint density at radius 2 is 2.19 bits per heavy atom. The Hall–Kier alpha value is -1.64. The Kier molecular flexibility index (Phi) is 6.65. The third kappa shape index (κ3) is 3.87. The molecule has 0 saturated carbocycles. The van der Waals surface area contributed by atoms with Crippen LogP contribution in [0.25, 0.3) is 10.2 Å². The molecule has 0 bridgehead atoms. The van der Waals surface area contributed by atoms with Gasteiger partial charge in [0, 0.05) is 31.6 Å². The van der Waals surface area contributed by atoms with Gasteiger partial charge in [-0.15, -0.1) is 23.7 Å². The number of rotatable bonds is 5. The molecule has 1 fully saturated rings. The van der Waals surface area contributed by atoms with Crippen LogP contribution in [-0.4, -0.2) is 58.7 Å². The molecule has 1 aliphatic rings. The Labute approximate surface area is 163 Å². The number of nitrogens with one attached hydrogen (secondary N) is 2. The van der Waals surface area contributed by atoms with Gasteiger partial charge in [0.2, 0.25) is 5.91 Å². The van der Waals surface area contributed by atoms with Crippen LogP contribution < -0.4 is 10.6 Å². The van der Waals surface area contributed by atoms with E-state index in [2.05, 4.69) is 15.7 Å². The van der Waals surface area contributed by atoms with Crippen LogP contribution in [0.15, 0.2) is 6.07 Å². The number of carbonyl (C=O) groups excluding carboxylic acids is 2. The number of carbonyl (C=O) groups is 2. The average Bonchev–Trinajstić information content (AvgIpc) is 3.25. The zero-order valence-electron chi connectivity index (χ0n) is 15.5. The van der Waals surface area contributed by atoms with Gasteiger partial charge in [-0.3, -0.25) is 14.3 Å². The SMILES string of the molecule is CNCC1CCCN1C(=O)C(C)NC(=O)c1cc2c(C)nn(C)c2s1.Cl. The maximum atomic E-state index is 12.7. The van der Waals surface area contributed by atoms with Crippen LogP contribution in [0.1, 0.15) is 35.1 Å². The number of thiophene rings is 1. The van der Waals surface area contributed by atoms with E-state index in [0.717, 1.165) is 41.8 Å². The van der Waals surface area contributed by atoms with Gasteiger partial charge < -0.3 is 15.5 Å². The second-order valence-electron chi connectivity index (χ2n) is 6.62. The summed E-state index contributed by atoms with van der Waals surface area (Å²) >= 11 is 1.40. The fourth-order valence-corrected chi connectivity index (χ4v) is 4.50. The summed E-state index contributed by atoms with van der Waals surface area (Å²) in [5.74, 6) is -0.212. The fraction of sp³-hybridized carbons (Fsp3) is 0.588. The van der Waals surface area contributed by atoms with Crippen molar-refractivity contribution in [2.45, 2.75) is 38.8 Å². The smallest absolute Gasteiger partial charge is 0.262 e. The van der Waals surface area contributed by atoms with Gasteiger partial charge in [0.15, 0.2) is 0 Å². The Balaban J connectivity index is 0.00000243. The Bertz CT molecular complexity index is 768. The highest BCUT2D eigenvalue weighted by molar-refractivity contribution is 7.20. The number of hydrogen-bond acceptors (Lipinski definition) is 5. The van der Waals surface area contributed by atoms with Crippen molar-refractivity contribution in [3.8, 4) is 0 Å². The van der Waals surface area contributed by atoms with Crippen LogP contribution in [0.5, 0.6) is 0 Å². The van der Waals surface area contributed by atoms with Crippen molar-refractivity contribution in [3.63, 3.8) is 0 Å². The maximum absolute atomic E-state index is 12.7. The number of nitrogens with zero attached hydrogens (tertiary/aromatic N) is 3. The molecular weight excluding hydrogens is 374 g/mol. The molecule has 2 unspecified atom stereocenters. The van der Waals surface area contributed by atoms with Gasteiger partial charge in [-0.05, 0) is 39.8 Å². The van der Waals surface area contributed by atoms with E-state index in [0.29, 0.717) is 4.88 Å². The monoisotopic (exact) mass is 399 g/mol. The van der Waals surface area contributed by atoms with Gasteiger partial charge in [0.1, 0.15) is 10.9 Å². The van der Waals surface area contributed by atoms with Gasteiger partial charge in [0.25, 0.3) is 5.91 Å². The zero-order chi connectivity index (χ0) is 18.1. The summed E-state index contributed by atoms with van der Waals surface area (Å²) in [6, 6.07) is 1.54. The normalized spacial score (nSPS) is 18.0. The Morgan fingerprint density at radius 3 is 2.85 bits per heavy atom. The van der Waals surface area contributed by atoms with Crippen LogP contribution in [0.2, 0.25) is 0 Å². The minimum absolute atomic E-state index is 0. The lowest BCUT2D eigenvalue weighted by Gasteiger charge is -2.27. The van der Waals surface area contributed by atoms with E-state index in [4.69, 9.17) is 0 Å². The summed E-state index contributed by atoms with van der Waals surface area (Å²) < 4.78 is 1.78. The summed E-state index contributed by atoms with van der Waals surface area (Å²) in [7, 11) is 3.76. The van der Waals surface area contributed by atoms with E-state index < -0.39 is 6.04 Å². The number of aryl methyl sites for hydroxylation is 2. The lowest BCUT2D eigenvalue weighted by atomic mass is 10.2. The lowest BCUT2D eigenvalue weighted by Crippen LogP contribution is -2.50. The molecule has 9 heteroatoms. The minimum Gasteiger partial charge on any atom is -0.340 e. The molecule has 0 aliphatic carbocycles. The predicted octanol–water partition coefficient (Wildman–Crippen LogP) is 1.69. The summed E-state index contributed by atoms with van der Waals surface area (Å²) in [5, 5.41) is 11.3. The molecule has 26 heavy (non-hydrogen) atoms. The van der Waals surface area contributed by atoms with E-state index in [1.807, 2.05) is 32.0 Å². The first-order chi connectivity index (χ1) is 11.9. The molecule has 2 N–H and O–H groups in total. The van der Waals surface area contributed by atoms with Crippen LogP contribution in [-0.2, 0) is 11.8 Å². The predicted molar refractivity (Wildman–Crippen MR) is 106 cm³/mol. The molecule has 7 nitrogen and oxygen atoms in total. The van der Waals surface area contributed by atoms with E-state index in [1.54, 1.807) is 11.6 Å². The summed E-state index contributed by atoms with van der Waals surface area (Å²) in [5.41, 5.74) is 0.906. The van der Waals surface area contributed by atoms with Crippen molar-refractivity contribution in [1.29, 1.82) is 0 Å². The molecule has 2 amide bonds. The molecule has 144 valence electrons. The topological polar surface area (TPSA) is 79.3 Å². The third-order valence-electron chi connectivity index (χ3n) is 4.74. The number of amides is 2. The van der Waals surface area contributed by atoms with Crippen molar-refractivity contribution in [2.75, 3.05) is 20.1 Å². The van der Waals surface area contributed by atoms with Gasteiger partial charge in [-0.25, -0.2) is 0 Å². The quantitative estimate of drug-likeness (QED) is 0.801. The van der Waals surface area contributed by atoms with Crippen LogP contribution in [0.3, 0.4) is 0 Å². The van der Waals surface area contributed by atoms with Crippen molar-refractivity contribution in [1.82, 2.24) is 25.3 Å². The van der Waals surface area contributed by atoms with Gasteiger partial charge >= 0.3 is 0 Å². The highest BCUT2D eigenvalue weighted by atomic mass is 35.5. The van der Waals surface area contributed by atoms with Gasteiger partial charge in [-0.2, -0.15) is 5.10 Å². The molecule has 1 aliphatic heterocycles. The molecular formula is C17H26ClN5O2S. The lowest BCUT2D eigenvalue weighted by molar-refractivity contribution is -0.133. The molecule has 0 aromatic carbocycles. The molecule has 0 spiro atoms. The summed E-state index contributed by atoms with van der Waals surface area (Å²) in [6.45, 7) is 5.24. The van der Waals surface area contributed by atoms with Crippen molar-refractivity contribution in [2.24, 2.45) is 7.05 Å². The first-order valence-corrected chi connectivity index (χ1v) is 9.43. The number of fused-ring (bicyclic) bond motifs is 1. The molecule has 3 heterocycles. The second kappa shape index (κ2) is 8.37. The third-order valence-corrected chi connectivity index (χ3v) is 5.94.